The number of carbonyl (C=O) groups excluding carboxylic acids is 4. The molecule has 0 aliphatic carbocycles. The van der Waals surface area contributed by atoms with Gasteiger partial charge < -0.3 is 25.2 Å². The number of carbonyl (C=O) groups is 4. The summed E-state index contributed by atoms with van der Waals surface area (Å²) in [4.78, 5) is 56.1. The molecule has 2 aliphatic heterocycles. The second-order valence-corrected chi connectivity index (χ2v) is 10.6. The average molecular weight is 607 g/mol. The SMILES string of the molecule is C#CCN1CC(=O)N2C(CN(Cc3cccc(Cl)c3)C(=O)[C@@H]2CCCNC(=O)OCC=C)N1C(=O)NCc1ccccc1. The number of nitrogens with zero attached hydrogens (tertiary/aromatic N) is 4. The van der Waals surface area contributed by atoms with Crippen molar-refractivity contribution in [3.8, 4) is 12.3 Å². The van der Waals surface area contributed by atoms with E-state index in [0.717, 1.165) is 11.1 Å². The molecule has 2 aromatic rings. The summed E-state index contributed by atoms with van der Waals surface area (Å²) in [6, 6.07) is 15.3. The van der Waals surface area contributed by atoms with Crippen LogP contribution in [0, 0.1) is 12.3 Å². The standard InChI is InChI=1S/C31H35ClN6O5/c1-3-16-36-22-28(39)37-26(14-9-15-33-31(42)43-17-4-2)29(40)35(20-24-12-8-13-25(32)18-24)21-27(37)38(36)30(41)34-19-23-10-6-5-7-11-23/h1,4-8,10-13,18,26-27H,2,9,14-17,19-22H2,(H,33,42)(H,34,41)/t26-,27?/m0/s1. The Morgan fingerprint density at radius 2 is 1.88 bits per heavy atom. The number of rotatable bonds is 11. The third kappa shape index (κ3) is 8.06. The molecule has 2 aliphatic rings. The van der Waals surface area contributed by atoms with E-state index in [1.54, 1.807) is 23.1 Å². The fraction of sp³-hybridized carbons (Fsp3) is 0.355. The van der Waals surface area contributed by atoms with E-state index in [0.29, 0.717) is 11.4 Å². The molecule has 4 rings (SSSR count). The molecule has 2 atom stereocenters. The number of nitrogens with one attached hydrogen (secondary N) is 2. The van der Waals surface area contributed by atoms with Crippen molar-refractivity contribution in [2.24, 2.45) is 0 Å². The van der Waals surface area contributed by atoms with Gasteiger partial charge in [-0.3, -0.25) is 9.59 Å². The summed E-state index contributed by atoms with van der Waals surface area (Å²) in [7, 11) is 0. The molecule has 0 spiro atoms. The number of alkyl carbamates (subject to hydrolysis) is 1. The number of fused-ring (bicyclic) bond motifs is 1. The monoisotopic (exact) mass is 606 g/mol. The maximum atomic E-state index is 13.9. The molecular formula is C31H35ClN6O5. The van der Waals surface area contributed by atoms with Crippen molar-refractivity contribution in [2.45, 2.75) is 38.1 Å². The summed E-state index contributed by atoms with van der Waals surface area (Å²) in [5.41, 5.74) is 1.71. The molecule has 2 heterocycles. The van der Waals surface area contributed by atoms with Gasteiger partial charge >= 0.3 is 12.1 Å². The summed E-state index contributed by atoms with van der Waals surface area (Å²) in [5, 5.41) is 9.10. The zero-order chi connectivity index (χ0) is 30.8. The van der Waals surface area contributed by atoms with Crippen LogP contribution in [0.25, 0.3) is 0 Å². The number of piperazine rings is 1. The Labute approximate surface area is 256 Å². The maximum absolute atomic E-state index is 13.9. The molecule has 5 amide bonds. The van der Waals surface area contributed by atoms with E-state index in [-0.39, 0.29) is 64.1 Å². The summed E-state index contributed by atoms with van der Waals surface area (Å²) in [6.45, 7) is 4.24. The number of hydrogen-bond donors (Lipinski definition) is 2. The van der Waals surface area contributed by atoms with E-state index in [1.165, 1.54) is 21.0 Å². The molecule has 2 N–H and O–H groups in total. The van der Waals surface area contributed by atoms with Gasteiger partial charge in [0, 0.05) is 24.7 Å². The van der Waals surface area contributed by atoms with E-state index >= 15 is 0 Å². The van der Waals surface area contributed by atoms with Crippen molar-refractivity contribution < 1.29 is 23.9 Å². The summed E-state index contributed by atoms with van der Waals surface area (Å²) in [6.07, 6.45) is 6.32. The van der Waals surface area contributed by atoms with E-state index in [1.807, 2.05) is 36.4 Å². The minimum absolute atomic E-state index is 0.0263. The van der Waals surface area contributed by atoms with Gasteiger partial charge in [-0.1, -0.05) is 72.6 Å². The van der Waals surface area contributed by atoms with Gasteiger partial charge in [-0.25, -0.2) is 14.6 Å². The van der Waals surface area contributed by atoms with Crippen LogP contribution in [0.15, 0.2) is 67.3 Å². The predicted octanol–water partition coefficient (Wildman–Crippen LogP) is 2.97. The van der Waals surface area contributed by atoms with Gasteiger partial charge in [0.15, 0.2) is 0 Å². The molecule has 2 saturated heterocycles. The van der Waals surface area contributed by atoms with Crippen molar-refractivity contribution >= 4 is 35.5 Å². The van der Waals surface area contributed by atoms with Crippen LogP contribution < -0.4 is 10.6 Å². The number of hydrazine groups is 1. The van der Waals surface area contributed by atoms with E-state index in [2.05, 4.69) is 23.1 Å². The van der Waals surface area contributed by atoms with E-state index < -0.39 is 24.3 Å². The first-order valence-corrected chi connectivity index (χ1v) is 14.4. The first-order chi connectivity index (χ1) is 20.8. The van der Waals surface area contributed by atoms with Gasteiger partial charge in [0.25, 0.3) is 0 Å². The molecule has 2 aromatic carbocycles. The Hall–Kier alpha value is -4.53. The Morgan fingerprint density at radius 3 is 2.60 bits per heavy atom. The molecule has 0 saturated carbocycles. The molecule has 12 heteroatoms. The molecule has 226 valence electrons. The molecular weight excluding hydrogens is 572 g/mol. The van der Waals surface area contributed by atoms with Gasteiger partial charge in [0.2, 0.25) is 11.8 Å². The number of benzene rings is 2. The van der Waals surface area contributed by atoms with E-state index in [9.17, 15) is 19.2 Å². The predicted molar refractivity (Wildman–Crippen MR) is 161 cm³/mol. The first kappa shape index (κ1) is 31.4. The number of hydrogen-bond acceptors (Lipinski definition) is 6. The number of halogens is 1. The van der Waals surface area contributed by atoms with Crippen molar-refractivity contribution in [1.29, 1.82) is 0 Å². The fourth-order valence-electron chi connectivity index (χ4n) is 5.24. The summed E-state index contributed by atoms with van der Waals surface area (Å²) in [5.74, 6) is 1.97. The lowest BCUT2D eigenvalue weighted by Gasteiger charge is -2.55. The van der Waals surface area contributed by atoms with E-state index in [4.69, 9.17) is 22.8 Å². The lowest BCUT2D eigenvalue weighted by molar-refractivity contribution is -0.189. The second-order valence-electron chi connectivity index (χ2n) is 10.1. The molecule has 0 aromatic heterocycles. The molecule has 2 fully saturated rings. The van der Waals surface area contributed by atoms with Crippen LogP contribution in [-0.2, 0) is 27.4 Å². The molecule has 0 radical (unpaired) electrons. The van der Waals surface area contributed by atoms with Crippen molar-refractivity contribution in [2.75, 3.05) is 32.8 Å². The highest BCUT2D eigenvalue weighted by Crippen LogP contribution is 2.29. The zero-order valence-electron chi connectivity index (χ0n) is 23.8. The summed E-state index contributed by atoms with van der Waals surface area (Å²) >= 11 is 6.21. The highest BCUT2D eigenvalue weighted by Gasteiger charge is 2.51. The van der Waals surface area contributed by atoms with Crippen LogP contribution in [0.4, 0.5) is 9.59 Å². The quantitative estimate of drug-likeness (QED) is 0.231. The van der Waals surface area contributed by atoms with Crippen molar-refractivity contribution in [3.63, 3.8) is 0 Å². The third-order valence-corrected chi connectivity index (χ3v) is 7.35. The Kier molecular flexibility index (Phi) is 11.0. The van der Waals surface area contributed by atoms with Gasteiger partial charge in [0.1, 0.15) is 18.8 Å². The lowest BCUT2D eigenvalue weighted by Crippen LogP contribution is -2.76. The Morgan fingerprint density at radius 1 is 1.12 bits per heavy atom. The minimum Gasteiger partial charge on any atom is -0.445 e. The minimum atomic E-state index is -0.867. The topological polar surface area (TPSA) is 115 Å². The highest BCUT2D eigenvalue weighted by molar-refractivity contribution is 6.30. The number of urea groups is 1. The lowest BCUT2D eigenvalue weighted by atomic mass is 10.0. The molecule has 43 heavy (non-hydrogen) atoms. The van der Waals surface area contributed by atoms with Gasteiger partial charge in [-0.05, 0) is 36.1 Å². The van der Waals surface area contributed by atoms with Crippen LogP contribution in [0.2, 0.25) is 5.02 Å². The first-order valence-electron chi connectivity index (χ1n) is 14.0. The number of amides is 5. The zero-order valence-corrected chi connectivity index (χ0v) is 24.5. The second kappa shape index (κ2) is 15.1. The normalized spacial score (nSPS) is 18.5. The Bertz CT molecular complexity index is 1370. The molecule has 1 unspecified atom stereocenters. The van der Waals surface area contributed by atoms with Gasteiger partial charge in [-0.15, -0.1) is 6.42 Å². The van der Waals surface area contributed by atoms with Gasteiger partial charge in [0.05, 0.1) is 19.6 Å². The fourth-order valence-corrected chi connectivity index (χ4v) is 5.45. The average Bonchev–Trinajstić information content (AvgIpc) is 2.99. The largest absolute Gasteiger partial charge is 0.445 e. The number of terminal acetylenes is 1. The van der Waals surface area contributed by atoms with Crippen LogP contribution in [0.1, 0.15) is 24.0 Å². The van der Waals surface area contributed by atoms with Crippen LogP contribution >= 0.6 is 11.6 Å². The smallest absolute Gasteiger partial charge is 0.407 e. The van der Waals surface area contributed by atoms with Gasteiger partial charge in [-0.2, -0.15) is 5.01 Å². The summed E-state index contributed by atoms with van der Waals surface area (Å²) < 4.78 is 4.94. The maximum Gasteiger partial charge on any atom is 0.407 e. The Balaban J connectivity index is 1.59. The van der Waals surface area contributed by atoms with Crippen molar-refractivity contribution in [3.05, 3.63) is 83.4 Å². The van der Waals surface area contributed by atoms with Crippen LogP contribution in [0.3, 0.4) is 0 Å². The number of ether oxygens (including phenoxy) is 1. The van der Waals surface area contributed by atoms with Crippen molar-refractivity contribution in [1.82, 2.24) is 30.5 Å². The van der Waals surface area contributed by atoms with Crippen LogP contribution in [0.5, 0.6) is 0 Å². The van der Waals surface area contributed by atoms with Crippen LogP contribution in [-0.4, -0.2) is 88.7 Å². The highest BCUT2D eigenvalue weighted by atomic mass is 35.5. The molecule has 0 bridgehead atoms. The third-order valence-electron chi connectivity index (χ3n) is 7.12. The molecule has 11 nitrogen and oxygen atoms in total.